The first kappa shape index (κ1) is 18.1. The molecule has 0 saturated carbocycles. The molecule has 2 N–H and O–H groups in total. The lowest BCUT2D eigenvalue weighted by molar-refractivity contribution is 0.0706. The second-order valence-corrected chi connectivity index (χ2v) is 4.09. The Hall–Kier alpha value is -2.92. The zero-order chi connectivity index (χ0) is 17.2. The smallest absolute Gasteiger partial charge is 0.274 e. The second kappa shape index (κ2) is 9.17. The minimum Gasteiger partial charge on any atom is -0.436 e. The number of nitrogens with one attached hydrogen (secondary N) is 1. The van der Waals surface area contributed by atoms with E-state index in [0.29, 0.717) is 22.6 Å². The highest BCUT2D eigenvalue weighted by atomic mass is 16.5. The zero-order valence-corrected chi connectivity index (χ0v) is 13.2. The van der Waals surface area contributed by atoms with Gasteiger partial charge in [0.1, 0.15) is 5.52 Å². The molecule has 0 atom stereocenters. The number of carbonyl (C=O) groups excluding carboxylic acids is 1. The lowest BCUT2D eigenvalue weighted by Gasteiger charge is -1.96. The van der Waals surface area contributed by atoms with Gasteiger partial charge >= 0.3 is 0 Å². The third-order valence-electron chi connectivity index (χ3n) is 2.71. The number of hydrogen-bond donors (Lipinski definition) is 2. The highest BCUT2D eigenvalue weighted by Crippen LogP contribution is 2.23. The number of allylic oxidation sites excluding steroid dienone is 6. The molecule has 0 aliphatic rings. The average molecular weight is 312 g/mol. The lowest BCUT2D eigenvalue weighted by atomic mass is 10.2. The van der Waals surface area contributed by atoms with Gasteiger partial charge in [-0.1, -0.05) is 51.3 Å². The minimum atomic E-state index is -0.602. The Balaban J connectivity index is 0.00000127. The Morgan fingerprint density at radius 2 is 2.04 bits per heavy atom. The van der Waals surface area contributed by atoms with Gasteiger partial charge in [0.2, 0.25) is 5.89 Å². The van der Waals surface area contributed by atoms with E-state index in [-0.39, 0.29) is 0 Å². The maximum Gasteiger partial charge on any atom is 0.274 e. The van der Waals surface area contributed by atoms with Gasteiger partial charge in [-0.05, 0) is 24.3 Å². The molecule has 0 spiro atoms. The minimum absolute atomic E-state index is 0.292. The van der Waals surface area contributed by atoms with Gasteiger partial charge in [-0.3, -0.25) is 10.0 Å². The van der Waals surface area contributed by atoms with Crippen molar-refractivity contribution in [1.29, 1.82) is 0 Å². The van der Waals surface area contributed by atoms with Gasteiger partial charge in [0.05, 0.1) is 0 Å². The van der Waals surface area contributed by atoms with Crippen molar-refractivity contribution in [2.45, 2.75) is 13.8 Å². The summed E-state index contributed by atoms with van der Waals surface area (Å²) in [4.78, 5) is 15.7. The van der Waals surface area contributed by atoms with Crippen LogP contribution >= 0.6 is 0 Å². The molecule has 0 aliphatic carbocycles. The largest absolute Gasteiger partial charge is 0.436 e. The SMILES string of the molecule is C=C/C=C\C(=C/C=C)c1nc2cc(C(=O)NO)ccc2o1.CC. The molecule has 1 aromatic carbocycles. The van der Waals surface area contributed by atoms with Gasteiger partial charge in [0, 0.05) is 11.1 Å². The van der Waals surface area contributed by atoms with E-state index in [1.165, 1.54) is 6.07 Å². The summed E-state index contributed by atoms with van der Waals surface area (Å²) in [7, 11) is 0. The van der Waals surface area contributed by atoms with Crippen LogP contribution in [-0.2, 0) is 0 Å². The van der Waals surface area contributed by atoms with Crippen LogP contribution in [0.1, 0.15) is 30.1 Å². The van der Waals surface area contributed by atoms with Crippen molar-refractivity contribution in [3.63, 3.8) is 0 Å². The molecule has 0 saturated heterocycles. The molecular formula is C18H20N2O3. The Kier molecular flexibility index (Phi) is 7.23. The van der Waals surface area contributed by atoms with E-state index in [1.54, 1.807) is 48.0 Å². The molecule has 5 heteroatoms. The van der Waals surface area contributed by atoms with Crippen molar-refractivity contribution in [2.75, 3.05) is 0 Å². The predicted molar refractivity (Wildman–Crippen MR) is 92.1 cm³/mol. The summed E-state index contributed by atoms with van der Waals surface area (Å²) in [5, 5.41) is 8.64. The summed E-state index contributed by atoms with van der Waals surface area (Å²) in [6.45, 7) is 11.3. The molecule has 0 bridgehead atoms. The third kappa shape index (κ3) is 4.52. The summed E-state index contributed by atoms with van der Waals surface area (Å²) >= 11 is 0. The molecule has 2 aromatic rings. The molecule has 0 aliphatic heterocycles. The fraction of sp³-hybridized carbons (Fsp3) is 0.111. The first-order valence-corrected chi connectivity index (χ1v) is 7.17. The number of fused-ring (bicyclic) bond motifs is 1. The quantitative estimate of drug-likeness (QED) is 0.491. The normalized spacial score (nSPS) is 11.0. The van der Waals surface area contributed by atoms with Crippen LogP contribution in [-0.4, -0.2) is 16.1 Å². The molecule has 0 fully saturated rings. The Morgan fingerprint density at radius 1 is 1.30 bits per heavy atom. The molecule has 120 valence electrons. The summed E-state index contributed by atoms with van der Waals surface area (Å²) in [6, 6.07) is 4.70. The fourth-order valence-corrected chi connectivity index (χ4v) is 1.75. The van der Waals surface area contributed by atoms with Crippen molar-refractivity contribution >= 4 is 22.6 Å². The summed E-state index contributed by atoms with van der Waals surface area (Å²) in [6.07, 6.45) is 8.58. The van der Waals surface area contributed by atoms with E-state index in [2.05, 4.69) is 18.1 Å². The van der Waals surface area contributed by atoms with Gasteiger partial charge in [-0.25, -0.2) is 10.5 Å². The summed E-state index contributed by atoms with van der Waals surface area (Å²) in [5.74, 6) is -0.195. The third-order valence-corrected chi connectivity index (χ3v) is 2.71. The standard InChI is InChI=1S/C16H14N2O3.C2H6/c1-3-5-7-11(6-4-2)16-17-13-10-12(15(19)18-20)8-9-14(13)21-16;1-2/h3-10,20H,1-2H2,(H,18,19);1-2H3/b7-5-,11-6+;. The molecule has 23 heavy (non-hydrogen) atoms. The van der Waals surface area contributed by atoms with Gasteiger partial charge in [-0.15, -0.1) is 0 Å². The van der Waals surface area contributed by atoms with Crippen LogP contribution < -0.4 is 5.48 Å². The fourth-order valence-electron chi connectivity index (χ4n) is 1.75. The highest BCUT2D eigenvalue weighted by molar-refractivity contribution is 5.96. The van der Waals surface area contributed by atoms with Crippen molar-refractivity contribution in [2.24, 2.45) is 0 Å². The van der Waals surface area contributed by atoms with Gasteiger partial charge in [0.15, 0.2) is 5.58 Å². The van der Waals surface area contributed by atoms with E-state index >= 15 is 0 Å². The maximum atomic E-state index is 11.4. The van der Waals surface area contributed by atoms with Crippen molar-refractivity contribution in [3.05, 3.63) is 73.2 Å². The van der Waals surface area contributed by atoms with Crippen LogP contribution in [0.3, 0.4) is 0 Å². The van der Waals surface area contributed by atoms with E-state index in [1.807, 2.05) is 13.8 Å². The Labute approximate surface area is 135 Å². The van der Waals surface area contributed by atoms with Gasteiger partial charge in [-0.2, -0.15) is 0 Å². The Bertz CT molecular complexity index is 755. The first-order chi connectivity index (χ1) is 11.2. The zero-order valence-electron chi connectivity index (χ0n) is 13.2. The number of nitrogens with zero attached hydrogens (tertiary/aromatic N) is 1. The van der Waals surface area contributed by atoms with Crippen LogP contribution in [0.25, 0.3) is 16.7 Å². The number of hydroxylamine groups is 1. The predicted octanol–water partition coefficient (Wildman–Crippen LogP) is 4.28. The van der Waals surface area contributed by atoms with E-state index in [0.717, 1.165) is 5.57 Å². The summed E-state index contributed by atoms with van der Waals surface area (Å²) in [5.41, 5.74) is 3.67. The monoisotopic (exact) mass is 312 g/mol. The number of aromatic nitrogens is 1. The number of rotatable bonds is 5. The van der Waals surface area contributed by atoms with E-state index in [9.17, 15) is 4.79 Å². The van der Waals surface area contributed by atoms with Crippen molar-refractivity contribution in [3.8, 4) is 0 Å². The van der Waals surface area contributed by atoms with E-state index in [4.69, 9.17) is 9.62 Å². The molecular weight excluding hydrogens is 292 g/mol. The molecule has 1 heterocycles. The number of benzene rings is 1. The average Bonchev–Trinajstić information content (AvgIpc) is 3.02. The highest BCUT2D eigenvalue weighted by Gasteiger charge is 2.11. The van der Waals surface area contributed by atoms with Crippen LogP contribution in [0.5, 0.6) is 0 Å². The Morgan fingerprint density at radius 3 is 2.65 bits per heavy atom. The van der Waals surface area contributed by atoms with E-state index < -0.39 is 5.91 Å². The molecule has 0 unspecified atom stereocenters. The summed E-state index contributed by atoms with van der Waals surface area (Å²) < 4.78 is 5.64. The first-order valence-electron chi connectivity index (χ1n) is 7.17. The number of hydrogen-bond acceptors (Lipinski definition) is 4. The van der Waals surface area contributed by atoms with Crippen LogP contribution in [0.15, 0.2) is 66.2 Å². The molecule has 1 amide bonds. The van der Waals surface area contributed by atoms with Crippen LogP contribution in [0.2, 0.25) is 0 Å². The maximum absolute atomic E-state index is 11.4. The number of amides is 1. The van der Waals surface area contributed by atoms with Crippen molar-refractivity contribution < 1.29 is 14.4 Å². The number of oxazole rings is 1. The molecule has 2 rings (SSSR count). The lowest BCUT2D eigenvalue weighted by Crippen LogP contribution is -2.18. The van der Waals surface area contributed by atoms with Crippen LogP contribution in [0.4, 0.5) is 0 Å². The van der Waals surface area contributed by atoms with Crippen molar-refractivity contribution in [1.82, 2.24) is 10.5 Å². The van der Waals surface area contributed by atoms with Crippen LogP contribution in [0, 0.1) is 0 Å². The van der Waals surface area contributed by atoms with Gasteiger partial charge in [0.25, 0.3) is 5.91 Å². The number of carbonyl (C=O) groups is 1. The van der Waals surface area contributed by atoms with Gasteiger partial charge < -0.3 is 4.42 Å². The second-order valence-electron chi connectivity index (χ2n) is 4.09. The molecule has 5 nitrogen and oxygen atoms in total. The molecule has 0 radical (unpaired) electrons. The topological polar surface area (TPSA) is 75.4 Å². The molecule has 1 aromatic heterocycles.